The fourth-order valence-electron chi connectivity index (χ4n) is 3.27. The van der Waals surface area contributed by atoms with Crippen LogP contribution < -0.4 is 4.74 Å². The Labute approximate surface area is 160 Å². The van der Waals surface area contributed by atoms with Gasteiger partial charge in [-0.25, -0.2) is 0 Å². The van der Waals surface area contributed by atoms with Crippen LogP contribution in [0.3, 0.4) is 0 Å². The minimum absolute atomic E-state index is 0.0927. The SMILES string of the molecule is CCOC(CC1OC(c2ccccc2)=Cc2ccc(OC)c(O)c21)OCC. The van der Waals surface area contributed by atoms with Gasteiger partial charge < -0.3 is 24.1 Å². The maximum atomic E-state index is 10.7. The van der Waals surface area contributed by atoms with Gasteiger partial charge in [0, 0.05) is 30.8 Å². The first kappa shape index (κ1) is 19.3. The normalized spacial score (nSPS) is 15.9. The summed E-state index contributed by atoms with van der Waals surface area (Å²) in [5, 5.41) is 10.7. The Hall–Kier alpha value is -2.50. The van der Waals surface area contributed by atoms with Crippen molar-refractivity contribution >= 4 is 11.8 Å². The number of phenols is 1. The van der Waals surface area contributed by atoms with E-state index in [-0.39, 0.29) is 5.75 Å². The van der Waals surface area contributed by atoms with Gasteiger partial charge in [-0.3, -0.25) is 0 Å². The maximum Gasteiger partial charge on any atom is 0.165 e. The van der Waals surface area contributed by atoms with Crippen LogP contribution in [0.2, 0.25) is 0 Å². The van der Waals surface area contributed by atoms with Crippen molar-refractivity contribution in [1.29, 1.82) is 0 Å². The Balaban J connectivity index is 2.01. The summed E-state index contributed by atoms with van der Waals surface area (Å²) in [6.45, 7) is 4.93. The zero-order chi connectivity index (χ0) is 19.2. The molecule has 1 atom stereocenters. The van der Waals surface area contributed by atoms with Gasteiger partial charge in [0.2, 0.25) is 0 Å². The molecule has 0 amide bonds. The minimum atomic E-state index is -0.418. The summed E-state index contributed by atoms with van der Waals surface area (Å²) in [6, 6.07) is 13.6. The van der Waals surface area contributed by atoms with Crippen molar-refractivity contribution in [2.24, 2.45) is 0 Å². The van der Waals surface area contributed by atoms with E-state index in [1.165, 1.54) is 7.11 Å². The lowest BCUT2D eigenvalue weighted by Crippen LogP contribution is -2.23. The lowest BCUT2D eigenvalue weighted by molar-refractivity contribution is -0.152. The van der Waals surface area contributed by atoms with Gasteiger partial charge in [0.1, 0.15) is 11.9 Å². The van der Waals surface area contributed by atoms with Crippen LogP contribution in [0, 0.1) is 0 Å². The highest BCUT2D eigenvalue weighted by molar-refractivity contribution is 5.82. The molecule has 0 fully saturated rings. The zero-order valence-electron chi connectivity index (χ0n) is 16.0. The third-order valence-electron chi connectivity index (χ3n) is 4.48. The molecule has 0 aromatic heterocycles. The zero-order valence-corrected chi connectivity index (χ0v) is 16.0. The largest absolute Gasteiger partial charge is 0.504 e. The van der Waals surface area contributed by atoms with Crippen molar-refractivity contribution in [3.05, 3.63) is 59.2 Å². The van der Waals surface area contributed by atoms with Gasteiger partial charge in [-0.15, -0.1) is 0 Å². The summed E-state index contributed by atoms with van der Waals surface area (Å²) in [5.74, 6) is 1.27. The molecule has 5 nitrogen and oxygen atoms in total. The van der Waals surface area contributed by atoms with Crippen LogP contribution in [0.5, 0.6) is 11.5 Å². The Morgan fingerprint density at radius 2 is 1.74 bits per heavy atom. The highest BCUT2D eigenvalue weighted by Crippen LogP contribution is 2.45. The first-order valence-electron chi connectivity index (χ1n) is 9.24. The number of methoxy groups -OCH3 is 1. The molecule has 0 saturated heterocycles. The van der Waals surface area contributed by atoms with Crippen molar-refractivity contribution in [2.75, 3.05) is 20.3 Å². The molecule has 5 heteroatoms. The summed E-state index contributed by atoms with van der Waals surface area (Å²) in [5.41, 5.74) is 2.57. The Morgan fingerprint density at radius 3 is 2.37 bits per heavy atom. The smallest absolute Gasteiger partial charge is 0.165 e. The number of hydrogen-bond acceptors (Lipinski definition) is 5. The Bertz CT molecular complexity index is 779. The molecule has 1 aliphatic rings. The monoisotopic (exact) mass is 370 g/mol. The molecule has 2 aromatic carbocycles. The van der Waals surface area contributed by atoms with Crippen molar-refractivity contribution in [3.63, 3.8) is 0 Å². The first-order chi connectivity index (χ1) is 13.2. The third-order valence-corrected chi connectivity index (χ3v) is 4.48. The van der Waals surface area contributed by atoms with E-state index in [0.717, 1.165) is 16.9 Å². The van der Waals surface area contributed by atoms with Crippen LogP contribution in [0.25, 0.3) is 11.8 Å². The molecular weight excluding hydrogens is 344 g/mol. The molecule has 0 spiro atoms. The summed E-state index contributed by atoms with van der Waals surface area (Å²) in [6.07, 6.45) is 1.56. The second-order valence-electron chi connectivity index (χ2n) is 6.18. The standard InChI is InChI=1S/C22H26O5/c1-4-25-20(26-5-2)14-19-21-16(11-12-17(24-3)22(21)23)13-18(27-19)15-9-7-6-8-10-15/h6-13,19-20,23H,4-5,14H2,1-3H3. The van der Waals surface area contributed by atoms with E-state index in [1.807, 2.05) is 56.3 Å². The van der Waals surface area contributed by atoms with Crippen LogP contribution in [0.1, 0.15) is 43.1 Å². The molecule has 27 heavy (non-hydrogen) atoms. The molecular formula is C22H26O5. The number of rotatable bonds is 8. The van der Waals surface area contributed by atoms with E-state index >= 15 is 0 Å². The second-order valence-corrected chi connectivity index (χ2v) is 6.18. The molecule has 3 rings (SSSR count). The average molecular weight is 370 g/mol. The molecule has 1 heterocycles. The first-order valence-corrected chi connectivity index (χ1v) is 9.24. The molecule has 0 aliphatic carbocycles. The molecule has 0 radical (unpaired) electrons. The van der Waals surface area contributed by atoms with Crippen molar-refractivity contribution in [1.82, 2.24) is 0 Å². The number of benzene rings is 2. The topological polar surface area (TPSA) is 57.2 Å². The molecule has 1 N–H and O–H groups in total. The van der Waals surface area contributed by atoms with E-state index in [4.69, 9.17) is 18.9 Å². The fraction of sp³-hybridized carbons (Fsp3) is 0.364. The van der Waals surface area contributed by atoms with Gasteiger partial charge in [-0.2, -0.15) is 0 Å². The fourth-order valence-corrected chi connectivity index (χ4v) is 3.27. The number of hydrogen-bond donors (Lipinski definition) is 1. The van der Waals surface area contributed by atoms with E-state index in [2.05, 4.69) is 0 Å². The van der Waals surface area contributed by atoms with Gasteiger partial charge in [0.05, 0.1) is 7.11 Å². The lowest BCUT2D eigenvalue weighted by atomic mass is 9.94. The highest BCUT2D eigenvalue weighted by atomic mass is 16.7. The second kappa shape index (κ2) is 8.93. The summed E-state index contributed by atoms with van der Waals surface area (Å²) >= 11 is 0. The molecule has 144 valence electrons. The maximum absolute atomic E-state index is 10.7. The van der Waals surface area contributed by atoms with Crippen LogP contribution >= 0.6 is 0 Å². The van der Waals surface area contributed by atoms with E-state index in [9.17, 15) is 5.11 Å². The van der Waals surface area contributed by atoms with Crippen LogP contribution in [0.15, 0.2) is 42.5 Å². The van der Waals surface area contributed by atoms with Crippen LogP contribution in [-0.2, 0) is 14.2 Å². The summed E-state index contributed by atoms with van der Waals surface area (Å²) in [7, 11) is 1.54. The van der Waals surface area contributed by atoms with Crippen LogP contribution in [-0.4, -0.2) is 31.7 Å². The van der Waals surface area contributed by atoms with E-state index in [0.29, 0.717) is 30.9 Å². The number of fused-ring (bicyclic) bond motifs is 1. The number of aromatic hydroxyl groups is 1. The molecule has 1 unspecified atom stereocenters. The van der Waals surface area contributed by atoms with E-state index < -0.39 is 12.4 Å². The van der Waals surface area contributed by atoms with Crippen LogP contribution in [0.4, 0.5) is 0 Å². The van der Waals surface area contributed by atoms with Gasteiger partial charge in [-0.1, -0.05) is 36.4 Å². The quantitative estimate of drug-likeness (QED) is 0.679. The van der Waals surface area contributed by atoms with Gasteiger partial charge in [-0.05, 0) is 31.6 Å². The molecule has 0 bridgehead atoms. The van der Waals surface area contributed by atoms with Gasteiger partial charge in [0.15, 0.2) is 17.8 Å². The van der Waals surface area contributed by atoms with Crippen molar-refractivity contribution in [3.8, 4) is 11.5 Å². The van der Waals surface area contributed by atoms with Gasteiger partial charge >= 0.3 is 0 Å². The Kier molecular flexibility index (Phi) is 6.37. The summed E-state index contributed by atoms with van der Waals surface area (Å²) in [4.78, 5) is 0. The summed E-state index contributed by atoms with van der Waals surface area (Å²) < 4.78 is 23.0. The van der Waals surface area contributed by atoms with E-state index in [1.54, 1.807) is 6.07 Å². The molecule has 2 aromatic rings. The number of phenolic OH excluding ortho intramolecular Hbond substituents is 1. The third kappa shape index (κ3) is 4.26. The van der Waals surface area contributed by atoms with Crippen molar-refractivity contribution in [2.45, 2.75) is 32.7 Å². The predicted molar refractivity (Wildman–Crippen MR) is 104 cm³/mol. The minimum Gasteiger partial charge on any atom is -0.504 e. The van der Waals surface area contributed by atoms with Gasteiger partial charge in [0.25, 0.3) is 0 Å². The average Bonchev–Trinajstić information content (AvgIpc) is 2.69. The molecule has 1 aliphatic heterocycles. The van der Waals surface area contributed by atoms with Crippen molar-refractivity contribution < 1.29 is 24.1 Å². The Morgan fingerprint density at radius 1 is 1.04 bits per heavy atom. The highest BCUT2D eigenvalue weighted by Gasteiger charge is 2.31. The number of ether oxygens (including phenoxy) is 4. The molecule has 0 saturated carbocycles. The predicted octanol–water partition coefficient (Wildman–Crippen LogP) is 4.76. The lowest BCUT2D eigenvalue weighted by Gasteiger charge is -2.31.